The molecule has 0 N–H and O–H groups in total. The van der Waals surface area contributed by atoms with Crippen LogP contribution < -0.4 is 0 Å². The van der Waals surface area contributed by atoms with Crippen molar-refractivity contribution < 1.29 is 9.21 Å². The largest absolute Gasteiger partial charge is 0.467 e. The van der Waals surface area contributed by atoms with E-state index in [9.17, 15) is 4.79 Å². The van der Waals surface area contributed by atoms with Crippen LogP contribution in [0.2, 0.25) is 0 Å². The lowest BCUT2D eigenvalue weighted by Crippen LogP contribution is -2.37. The summed E-state index contributed by atoms with van der Waals surface area (Å²) in [7, 11) is 1.97. The van der Waals surface area contributed by atoms with Gasteiger partial charge in [0.15, 0.2) is 0 Å². The van der Waals surface area contributed by atoms with Gasteiger partial charge in [-0.05, 0) is 44.9 Å². The highest BCUT2D eigenvalue weighted by atomic mass is 16.3. The summed E-state index contributed by atoms with van der Waals surface area (Å²) >= 11 is 0. The van der Waals surface area contributed by atoms with Crippen LogP contribution >= 0.6 is 0 Å². The van der Waals surface area contributed by atoms with Crippen LogP contribution in [-0.4, -0.2) is 28.5 Å². The topological polar surface area (TPSA) is 38.4 Å². The molecule has 1 fully saturated rings. The van der Waals surface area contributed by atoms with Crippen molar-refractivity contribution in [3.8, 4) is 0 Å². The molecule has 0 unspecified atom stereocenters. The summed E-state index contributed by atoms with van der Waals surface area (Å²) in [4.78, 5) is 15.0. The second kappa shape index (κ2) is 7.29. The molecular weight excluding hydrogens is 300 g/mol. The third-order valence-electron chi connectivity index (χ3n) is 5.39. The maximum absolute atomic E-state index is 13.0. The first-order valence-corrected chi connectivity index (χ1v) is 9.04. The van der Waals surface area contributed by atoms with Crippen molar-refractivity contribution >= 4 is 5.91 Å². The number of hydrogen-bond acceptors (Lipinski definition) is 2. The molecule has 0 radical (unpaired) electrons. The molecule has 24 heavy (non-hydrogen) atoms. The van der Waals surface area contributed by atoms with Crippen molar-refractivity contribution in [1.82, 2.24) is 9.47 Å². The Balaban J connectivity index is 1.79. The van der Waals surface area contributed by atoms with Gasteiger partial charge in [-0.3, -0.25) is 4.79 Å². The number of amides is 1. The van der Waals surface area contributed by atoms with Crippen LogP contribution in [0.4, 0.5) is 0 Å². The highest BCUT2D eigenvalue weighted by Gasteiger charge is 2.25. The number of aryl methyl sites for hydroxylation is 1. The molecule has 1 saturated carbocycles. The van der Waals surface area contributed by atoms with Gasteiger partial charge in [0.25, 0.3) is 5.91 Å². The van der Waals surface area contributed by atoms with E-state index in [1.54, 1.807) is 6.26 Å². The van der Waals surface area contributed by atoms with E-state index >= 15 is 0 Å². The maximum atomic E-state index is 13.0. The predicted octanol–water partition coefficient (Wildman–Crippen LogP) is 4.54. The van der Waals surface area contributed by atoms with E-state index in [4.69, 9.17) is 4.42 Å². The fourth-order valence-electron chi connectivity index (χ4n) is 3.82. The second-order valence-electron chi connectivity index (χ2n) is 7.01. The first-order chi connectivity index (χ1) is 11.6. The normalized spacial score (nSPS) is 16.1. The molecule has 0 aromatic carbocycles. The zero-order valence-corrected chi connectivity index (χ0v) is 15.0. The Kier molecular flexibility index (Phi) is 5.12. The predicted molar refractivity (Wildman–Crippen MR) is 95.3 cm³/mol. The molecule has 3 rings (SSSR count). The van der Waals surface area contributed by atoms with Gasteiger partial charge in [0.05, 0.1) is 18.4 Å². The lowest BCUT2D eigenvalue weighted by molar-refractivity contribution is 0.0717. The van der Waals surface area contributed by atoms with Crippen LogP contribution in [0.25, 0.3) is 0 Å². The first-order valence-electron chi connectivity index (χ1n) is 9.04. The van der Waals surface area contributed by atoms with Gasteiger partial charge in [-0.15, -0.1) is 0 Å². The molecule has 2 aromatic heterocycles. The Morgan fingerprint density at radius 2 is 1.96 bits per heavy atom. The molecule has 2 aromatic rings. The van der Waals surface area contributed by atoms with Gasteiger partial charge in [-0.25, -0.2) is 0 Å². The summed E-state index contributed by atoms with van der Waals surface area (Å²) in [6.07, 6.45) is 9.03. The van der Waals surface area contributed by atoms with Crippen molar-refractivity contribution in [1.29, 1.82) is 0 Å². The molecule has 0 atom stereocenters. The minimum Gasteiger partial charge on any atom is -0.467 e. The van der Waals surface area contributed by atoms with Gasteiger partial charge < -0.3 is 13.9 Å². The second-order valence-corrected chi connectivity index (χ2v) is 7.01. The van der Waals surface area contributed by atoms with Gasteiger partial charge in [0.1, 0.15) is 5.76 Å². The monoisotopic (exact) mass is 328 g/mol. The molecule has 1 amide bonds. The molecule has 4 nitrogen and oxygen atoms in total. The van der Waals surface area contributed by atoms with E-state index in [0.29, 0.717) is 12.6 Å². The highest BCUT2D eigenvalue weighted by Crippen LogP contribution is 2.24. The third-order valence-corrected chi connectivity index (χ3v) is 5.39. The lowest BCUT2D eigenvalue weighted by Gasteiger charge is -2.27. The summed E-state index contributed by atoms with van der Waals surface area (Å²) in [5, 5.41) is 0. The van der Waals surface area contributed by atoms with Gasteiger partial charge >= 0.3 is 0 Å². The van der Waals surface area contributed by atoms with Crippen molar-refractivity contribution in [2.45, 2.75) is 65.0 Å². The summed E-state index contributed by atoms with van der Waals surface area (Å²) < 4.78 is 7.62. The molecule has 0 bridgehead atoms. The van der Waals surface area contributed by atoms with Crippen LogP contribution in [0, 0.1) is 13.8 Å². The molecular formula is C20H28N2O2. The molecule has 130 valence electrons. The number of aromatic nitrogens is 1. The van der Waals surface area contributed by atoms with E-state index in [1.807, 2.05) is 37.1 Å². The Labute approximate surface area is 144 Å². The van der Waals surface area contributed by atoms with Crippen molar-refractivity contribution in [2.75, 3.05) is 7.05 Å². The lowest BCUT2D eigenvalue weighted by atomic mass is 10.1. The van der Waals surface area contributed by atoms with Crippen LogP contribution in [0.5, 0.6) is 0 Å². The molecule has 1 aliphatic carbocycles. The Hall–Kier alpha value is -1.97. The summed E-state index contributed by atoms with van der Waals surface area (Å²) in [5.41, 5.74) is 2.95. The number of rotatable bonds is 4. The van der Waals surface area contributed by atoms with Gasteiger partial charge in [0.2, 0.25) is 0 Å². The minimum atomic E-state index is 0.153. The SMILES string of the molecule is Cc1cc(C(=O)N(C)C2CCCCCC2)c(C)n1Cc1ccco1. The average Bonchev–Trinajstić information content (AvgIpc) is 3.07. The third kappa shape index (κ3) is 3.42. The summed E-state index contributed by atoms with van der Waals surface area (Å²) in [5.74, 6) is 1.06. The molecule has 0 spiro atoms. The van der Waals surface area contributed by atoms with Gasteiger partial charge in [0, 0.05) is 24.5 Å². The van der Waals surface area contributed by atoms with Gasteiger partial charge in [-0.1, -0.05) is 25.7 Å². The van der Waals surface area contributed by atoms with E-state index in [-0.39, 0.29) is 5.91 Å². The fourth-order valence-corrected chi connectivity index (χ4v) is 3.82. The number of hydrogen-bond donors (Lipinski definition) is 0. The van der Waals surface area contributed by atoms with Crippen LogP contribution in [0.1, 0.15) is 66.0 Å². The van der Waals surface area contributed by atoms with Crippen LogP contribution in [0.15, 0.2) is 28.9 Å². The van der Waals surface area contributed by atoms with Crippen molar-refractivity contribution in [2.24, 2.45) is 0 Å². The number of furan rings is 1. The molecule has 0 aliphatic heterocycles. The Morgan fingerprint density at radius 1 is 1.25 bits per heavy atom. The van der Waals surface area contributed by atoms with Crippen LogP contribution in [0.3, 0.4) is 0 Å². The van der Waals surface area contributed by atoms with E-state index in [1.165, 1.54) is 25.7 Å². The van der Waals surface area contributed by atoms with E-state index in [0.717, 1.165) is 35.6 Å². The average molecular weight is 328 g/mol. The maximum Gasteiger partial charge on any atom is 0.255 e. The molecule has 2 heterocycles. The molecule has 0 saturated heterocycles. The van der Waals surface area contributed by atoms with Crippen molar-refractivity contribution in [3.05, 3.63) is 47.2 Å². The Morgan fingerprint density at radius 3 is 2.58 bits per heavy atom. The van der Waals surface area contributed by atoms with E-state index in [2.05, 4.69) is 11.5 Å². The minimum absolute atomic E-state index is 0.153. The Bertz CT molecular complexity index is 677. The summed E-state index contributed by atoms with van der Waals surface area (Å²) in [6.45, 7) is 4.76. The standard InChI is InChI=1S/C20H28N2O2/c1-15-13-19(16(2)22(15)14-18-11-8-12-24-18)20(23)21(3)17-9-6-4-5-7-10-17/h8,11-13,17H,4-7,9-10,14H2,1-3H3. The summed E-state index contributed by atoms with van der Waals surface area (Å²) in [6, 6.07) is 6.27. The molecule has 4 heteroatoms. The quantitative estimate of drug-likeness (QED) is 0.773. The number of nitrogens with zero attached hydrogens (tertiary/aromatic N) is 2. The fraction of sp³-hybridized carbons (Fsp3) is 0.550. The van der Waals surface area contributed by atoms with E-state index < -0.39 is 0 Å². The zero-order chi connectivity index (χ0) is 17.1. The highest BCUT2D eigenvalue weighted by molar-refractivity contribution is 5.95. The zero-order valence-electron chi connectivity index (χ0n) is 15.0. The molecule has 1 aliphatic rings. The number of carbonyl (C=O) groups excluding carboxylic acids is 1. The first kappa shape index (κ1) is 16.9. The van der Waals surface area contributed by atoms with Gasteiger partial charge in [-0.2, -0.15) is 0 Å². The van der Waals surface area contributed by atoms with Crippen molar-refractivity contribution in [3.63, 3.8) is 0 Å². The smallest absolute Gasteiger partial charge is 0.255 e. The number of carbonyl (C=O) groups is 1. The van der Waals surface area contributed by atoms with Crippen LogP contribution in [-0.2, 0) is 6.54 Å².